The van der Waals surface area contributed by atoms with Gasteiger partial charge in [-0.05, 0) is 44.5 Å². The van der Waals surface area contributed by atoms with E-state index in [1.807, 2.05) is 0 Å². The molecule has 0 saturated carbocycles. The van der Waals surface area contributed by atoms with Crippen LogP contribution >= 0.6 is 0 Å². The van der Waals surface area contributed by atoms with Crippen LogP contribution in [0.3, 0.4) is 0 Å². The van der Waals surface area contributed by atoms with Gasteiger partial charge in [0.1, 0.15) is 0 Å². The molecule has 0 aliphatic carbocycles. The lowest BCUT2D eigenvalue weighted by Gasteiger charge is -2.19. The third-order valence-corrected chi connectivity index (χ3v) is 3.41. The van der Waals surface area contributed by atoms with Gasteiger partial charge < -0.3 is 10.2 Å². The van der Waals surface area contributed by atoms with Crippen molar-refractivity contribution in [2.45, 2.75) is 40.7 Å². The smallest absolute Gasteiger partial charge is 0.0208 e. The molecule has 1 aromatic rings. The maximum Gasteiger partial charge on any atom is 0.0208 e. The standard InChI is InChI=1S/C16H28N2/c1-5-10-18(6-2)11-9-17-13-16-12-14(3)7-8-15(16)4/h7-8,12,17H,5-6,9-11,13H2,1-4H3. The summed E-state index contributed by atoms with van der Waals surface area (Å²) in [6, 6.07) is 6.67. The Balaban J connectivity index is 2.31. The van der Waals surface area contributed by atoms with E-state index in [0.717, 1.165) is 26.2 Å². The van der Waals surface area contributed by atoms with Gasteiger partial charge >= 0.3 is 0 Å². The van der Waals surface area contributed by atoms with Gasteiger partial charge in [0.25, 0.3) is 0 Å². The van der Waals surface area contributed by atoms with E-state index in [0.29, 0.717) is 0 Å². The molecule has 0 aliphatic rings. The van der Waals surface area contributed by atoms with Crippen LogP contribution in [0, 0.1) is 13.8 Å². The molecule has 1 aromatic carbocycles. The zero-order chi connectivity index (χ0) is 13.4. The van der Waals surface area contributed by atoms with Crippen molar-refractivity contribution < 1.29 is 0 Å². The summed E-state index contributed by atoms with van der Waals surface area (Å²) < 4.78 is 0. The Bertz CT molecular complexity index is 347. The molecule has 0 bridgehead atoms. The van der Waals surface area contributed by atoms with Crippen LogP contribution in [0.4, 0.5) is 0 Å². The predicted octanol–water partition coefficient (Wildman–Crippen LogP) is 3.12. The number of hydrogen-bond donors (Lipinski definition) is 1. The Hall–Kier alpha value is -0.860. The molecule has 0 radical (unpaired) electrons. The topological polar surface area (TPSA) is 15.3 Å². The largest absolute Gasteiger partial charge is 0.311 e. The van der Waals surface area contributed by atoms with E-state index in [1.54, 1.807) is 0 Å². The van der Waals surface area contributed by atoms with E-state index >= 15 is 0 Å². The summed E-state index contributed by atoms with van der Waals surface area (Å²) in [5, 5.41) is 3.55. The Labute approximate surface area is 112 Å². The normalized spacial score (nSPS) is 11.2. The maximum atomic E-state index is 3.55. The number of benzene rings is 1. The molecule has 0 saturated heterocycles. The Morgan fingerprint density at radius 3 is 2.56 bits per heavy atom. The van der Waals surface area contributed by atoms with Gasteiger partial charge in [-0.1, -0.05) is 37.6 Å². The van der Waals surface area contributed by atoms with Crippen molar-refractivity contribution in [3.63, 3.8) is 0 Å². The highest BCUT2D eigenvalue weighted by molar-refractivity contribution is 5.30. The lowest BCUT2D eigenvalue weighted by Crippen LogP contribution is -2.32. The quantitative estimate of drug-likeness (QED) is 0.711. The molecule has 0 fully saturated rings. The van der Waals surface area contributed by atoms with Crippen molar-refractivity contribution in [3.8, 4) is 0 Å². The van der Waals surface area contributed by atoms with Crippen molar-refractivity contribution in [1.82, 2.24) is 10.2 Å². The third-order valence-electron chi connectivity index (χ3n) is 3.41. The zero-order valence-corrected chi connectivity index (χ0v) is 12.4. The van der Waals surface area contributed by atoms with Crippen LogP contribution in [-0.4, -0.2) is 31.1 Å². The first-order chi connectivity index (χ1) is 8.67. The highest BCUT2D eigenvalue weighted by atomic mass is 15.1. The van der Waals surface area contributed by atoms with Gasteiger partial charge in [0, 0.05) is 19.6 Å². The second-order valence-corrected chi connectivity index (χ2v) is 5.04. The highest BCUT2D eigenvalue weighted by Gasteiger charge is 2.01. The fourth-order valence-electron chi connectivity index (χ4n) is 2.20. The average molecular weight is 248 g/mol. The fourth-order valence-corrected chi connectivity index (χ4v) is 2.20. The third kappa shape index (κ3) is 5.19. The molecular weight excluding hydrogens is 220 g/mol. The second-order valence-electron chi connectivity index (χ2n) is 5.04. The molecule has 1 rings (SSSR count). The van der Waals surface area contributed by atoms with Gasteiger partial charge in [-0.25, -0.2) is 0 Å². The van der Waals surface area contributed by atoms with Crippen molar-refractivity contribution in [2.24, 2.45) is 0 Å². The summed E-state index contributed by atoms with van der Waals surface area (Å²) in [6.45, 7) is 14.4. The molecule has 0 aliphatic heterocycles. The Morgan fingerprint density at radius 1 is 1.11 bits per heavy atom. The van der Waals surface area contributed by atoms with Gasteiger partial charge in [-0.2, -0.15) is 0 Å². The summed E-state index contributed by atoms with van der Waals surface area (Å²) >= 11 is 0. The van der Waals surface area contributed by atoms with Crippen molar-refractivity contribution in [1.29, 1.82) is 0 Å². The molecule has 2 nitrogen and oxygen atoms in total. The fraction of sp³-hybridized carbons (Fsp3) is 0.625. The molecule has 0 aromatic heterocycles. The number of nitrogens with one attached hydrogen (secondary N) is 1. The SMILES string of the molecule is CCCN(CC)CCNCc1cc(C)ccc1C. The van der Waals surface area contributed by atoms with Crippen LogP contribution in [0.2, 0.25) is 0 Å². The molecule has 0 unspecified atom stereocenters. The van der Waals surface area contributed by atoms with Crippen LogP contribution in [0.1, 0.15) is 37.0 Å². The van der Waals surface area contributed by atoms with Crippen LogP contribution in [-0.2, 0) is 6.54 Å². The van der Waals surface area contributed by atoms with Crippen LogP contribution in [0.25, 0.3) is 0 Å². The monoisotopic (exact) mass is 248 g/mol. The lowest BCUT2D eigenvalue weighted by atomic mass is 10.1. The molecule has 0 atom stereocenters. The van der Waals surface area contributed by atoms with E-state index < -0.39 is 0 Å². The van der Waals surface area contributed by atoms with Crippen LogP contribution in [0.15, 0.2) is 18.2 Å². The average Bonchev–Trinajstić information content (AvgIpc) is 2.37. The van der Waals surface area contributed by atoms with Gasteiger partial charge in [-0.15, -0.1) is 0 Å². The van der Waals surface area contributed by atoms with Crippen molar-refractivity contribution in [2.75, 3.05) is 26.2 Å². The Kier molecular flexibility index (Phi) is 6.99. The Morgan fingerprint density at radius 2 is 1.89 bits per heavy atom. The maximum absolute atomic E-state index is 3.55. The summed E-state index contributed by atoms with van der Waals surface area (Å²) in [4.78, 5) is 2.50. The van der Waals surface area contributed by atoms with E-state index in [9.17, 15) is 0 Å². The van der Waals surface area contributed by atoms with Crippen LogP contribution in [0.5, 0.6) is 0 Å². The highest BCUT2D eigenvalue weighted by Crippen LogP contribution is 2.09. The van der Waals surface area contributed by atoms with Crippen molar-refractivity contribution >= 4 is 0 Å². The number of nitrogens with zero attached hydrogens (tertiary/aromatic N) is 1. The van der Waals surface area contributed by atoms with Gasteiger partial charge in [0.05, 0.1) is 0 Å². The molecule has 0 spiro atoms. The van der Waals surface area contributed by atoms with E-state index in [-0.39, 0.29) is 0 Å². The van der Waals surface area contributed by atoms with Gasteiger partial charge in [0.15, 0.2) is 0 Å². The summed E-state index contributed by atoms with van der Waals surface area (Å²) in [5.74, 6) is 0. The first-order valence-electron chi connectivity index (χ1n) is 7.16. The lowest BCUT2D eigenvalue weighted by molar-refractivity contribution is 0.287. The second kappa shape index (κ2) is 8.28. The molecule has 0 heterocycles. The number of rotatable bonds is 8. The molecule has 102 valence electrons. The first-order valence-corrected chi connectivity index (χ1v) is 7.16. The summed E-state index contributed by atoms with van der Waals surface area (Å²) in [5.41, 5.74) is 4.15. The molecular formula is C16H28N2. The minimum Gasteiger partial charge on any atom is -0.311 e. The minimum atomic E-state index is 0.983. The predicted molar refractivity (Wildman–Crippen MR) is 80.0 cm³/mol. The zero-order valence-electron chi connectivity index (χ0n) is 12.4. The minimum absolute atomic E-state index is 0.983. The van der Waals surface area contributed by atoms with Crippen molar-refractivity contribution in [3.05, 3.63) is 34.9 Å². The molecule has 18 heavy (non-hydrogen) atoms. The van der Waals surface area contributed by atoms with Gasteiger partial charge in [-0.3, -0.25) is 0 Å². The summed E-state index contributed by atoms with van der Waals surface area (Å²) in [6.07, 6.45) is 1.24. The van der Waals surface area contributed by atoms with E-state index in [2.05, 4.69) is 56.1 Å². The molecule has 0 amide bonds. The summed E-state index contributed by atoms with van der Waals surface area (Å²) in [7, 11) is 0. The van der Waals surface area contributed by atoms with Gasteiger partial charge in [0.2, 0.25) is 0 Å². The molecule has 1 N–H and O–H groups in total. The van der Waals surface area contributed by atoms with E-state index in [1.165, 1.54) is 29.7 Å². The van der Waals surface area contributed by atoms with E-state index in [4.69, 9.17) is 0 Å². The number of hydrogen-bond acceptors (Lipinski definition) is 2. The van der Waals surface area contributed by atoms with Crippen LogP contribution < -0.4 is 5.32 Å². The first kappa shape index (κ1) is 15.2. The molecule has 2 heteroatoms. The number of aryl methyl sites for hydroxylation is 2. The number of likely N-dealkylation sites (N-methyl/N-ethyl adjacent to an activating group) is 1.